The highest BCUT2D eigenvalue weighted by atomic mass is 32.1. The third-order valence-corrected chi connectivity index (χ3v) is 4.21. The Balaban J connectivity index is 2.02. The van der Waals surface area contributed by atoms with Crippen LogP contribution < -0.4 is 11.1 Å². The minimum Gasteiger partial charge on any atom is -0.350 e. The Labute approximate surface area is 128 Å². The normalized spacial score (nSPS) is 12.4. The second-order valence-electron chi connectivity index (χ2n) is 4.94. The van der Waals surface area contributed by atoms with Crippen LogP contribution >= 0.6 is 11.3 Å². The molecule has 0 saturated heterocycles. The monoisotopic (exact) mass is 304 g/mol. The Morgan fingerprint density at radius 2 is 2.29 bits per heavy atom. The summed E-state index contributed by atoms with van der Waals surface area (Å²) in [4.78, 5) is 19.6. The van der Waals surface area contributed by atoms with E-state index in [-0.39, 0.29) is 11.9 Å². The van der Waals surface area contributed by atoms with Gasteiger partial charge in [0.1, 0.15) is 0 Å². The molecular weight excluding hydrogens is 284 g/mol. The number of hydrogen-bond donors (Lipinski definition) is 2. The third kappa shape index (κ3) is 4.10. The number of amides is 1. The molecule has 3 N–H and O–H groups in total. The van der Waals surface area contributed by atoms with Gasteiger partial charge in [-0.25, -0.2) is 0 Å². The summed E-state index contributed by atoms with van der Waals surface area (Å²) in [5, 5.41) is 5.02. The maximum atomic E-state index is 12.2. The van der Waals surface area contributed by atoms with Gasteiger partial charge < -0.3 is 16.0 Å². The molecule has 1 amide bonds. The summed E-state index contributed by atoms with van der Waals surface area (Å²) in [6.45, 7) is 0.892. The number of aromatic nitrogens is 1. The number of nitrogens with two attached hydrogens (primary N) is 1. The van der Waals surface area contributed by atoms with Crippen molar-refractivity contribution in [3.05, 3.63) is 52.0 Å². The summed E-state index contributed by atoms with van der Waals surface area (Å²) >= 11 is 1.69. The van der Waals surface area contributed by atoms with Crippen LogP contribution in [0.3, 0.4) is 0 Å². The summed E-state index contributed by atoms with van der Waals surface area (Å²) < 4.78 is 0. The molecule has 1 unspecified atom stereocenters. The first-order valence-electron chi connectivity index (χ1n) is 6.75. The highest BCUT2D eigenvalue weighted by Gasteiger charge is 2.16. The highest BCUT2D eigenvalue weighted by Crippen LogP contribution is 2.22. The largest absolute Gasteiger partial charge is 0.350 e. The summed E-state index contributed by atoms with van der Waals surface area (Å²) in [5.74, 6) is -0.101. The minimum atomic E-state index is -0.101. The molecule has 0 bridgehead atoms. The molecule has 0 aliphatic carbocycles. The second kappa shape index (κ2) is 7.31. The summed E-state index contributed by atoms with van der Waals surface area (Å²) in [7, 11) is 4.02. The zero-order valence-electron chi connectivity index (χ0n) is 12.2. The molecule has 6 heteroatoms. The average molecular weight is 304 g/mol. The van der Waals surface area contributed by atoms with Crippen molar-refractivity contribution in [1.82, 2.24) is 15.2 Å². The number of rotatable bonds is 6. The molecule has 112 valence electrons. The van der Waals surface area contributed by atoms with Crippen LogP contribution in [0.5, 0.6) is 0 Å². The Morgan fingerprint density at radius 3 is 2.90 bits per heavy atom. The Hall–Kier alpha value is -1.76. The van der Waals surface area contributed by atoms with Crippen LogP contribution in [0.15, 0.2) is 35.8 Å². The van der Waals surface area contributed by atoms with Gasteiger partial charge in [0.15, 0.2) is 0 Å². The van der Waals surface area contributed by atoms with Gasteiger partial charge in [-0.05, 0) is 37.7 Å². The summed E-state index contributed by atoms with van der Waals surface area (Å²) in [6.07, 6.45) is 1.61. The number of carbonyl (C=O) groups excluding carboxylic acids is 1. The molecule has 0 fully saturated rings. The number of hydrogen-bond acceptors (Lipinski definition) is 5. The van der Waals surface area contributed by atoms with Gasteiger partial charge in [-0.2, -0.15) is 0 Å². The van der Waals surface area contributed by atoms with Crippen LogP contribution in [0, 0.1) is 0 Å². The van der Waals surface area contributed by atoms with Gasteiger partial charge in [-0.3, -0.25) is 9.78 Å². The number of pyridine rings is 1. The molecule has 0 aliphatic heterocycles. The number of nitrogens with one attached hydrogen (secondary N) is 1. The molecular formula is C15H20N4OS. The molecule has 2 heterocycles. The molecule has 1 atom stereocenters. The number of nitrogens with zero attached hydrogens (tertiary/aromatic N) is 2. The lowest BCUT2D eigenvalue weighted by molar-refractivity contribution is 0.0942. The van der Waals surface area contributed by atoms with Gasteiger partial charge >= 0.3 is 0 Å². The van der Waals surface area contributed by atoms with Crippen LogP contribution in [0.1, 0.15) is 27.0 Å². The van der Waals surface area contributed by atoms with Crippen molar-refractivity contribution >= 4 is 17.2 Å². The molecule has 5 nitrogen and oxygen atoms in total. The fourth-order valence-electron chi connectivity index (χ4n) is 2.04. The predicted octanol–water partition coefficient (Wildman–Crippen LogP) is 1.63. The van der Waals surface area contributed by atoms with E-state index in [1.807, 2.05) is 25.5 Å². The van der Waals surface area contributed by atoms with Crippen molar-refractivity contribution in [2.24, 2.45) is 5.73 Å². The maximum absolute atomic E-state index is 12.2. The van der Waals surface area contributed by atoms with Crippen LogP contribution in [0.4, 0.5) is 0 Å². The van der Waals surface area contributed by atoms with E-state index in [2.05, 4.69) is 21.3 Å². The Kier molecular flexibility index (Phi) is 5.44. The lowest BCUT2D eigenvalue weighted by Crippen LogP contribution is -2.34. The van der Waals surface area contributed by atoms with E-state index in [1.165, 1.54) is 4.88 Å². The lowest BCUT2D eigenvalue weighted by atomic mass is 10.2. The first kappa shape index (κ1) is 15.6. The Bertz CT molecular complexity index is 583. The van der Waals surface area contributed by atoms with Crippen LogP contribution in [-0.2, 0) is 6.54 Å². The minimum absolute atomic E-state index is 0.101. The van der Waals surface area contributed by atoms with Gasteiger partial charge in [0, 0.05) is 29.7 Å². The summed E-state index contributed by atoms with van der Waals surface area (Å²) in [6, 6.07) is 7.70. The molecule has 2 aromatic rings. The van der Waals surface area contributed by atoms with Crippen molar-refractivity contribution in [3.63, 3.8) is 0 Å². The molecule has 21 heavy (non-hydrogen) atoms. The van der Waals surface area contributed by atoms with Crippen molar-refractivity contribution in [1.29, 1.82) is 0 Å². The lowest BCUT2D eigenvalue weighted by Gasteiger charge is -2.23. The SMILES string of the molecule is CN(C)C(CNC(=O)c1ccnc(CN)c1)c1cccs1. The molecule has 2 rings (SSSR count). The quantitative estimate of drug-likeness (QED) is 0.851. The van der Waals surface area contributed by atoms with Crippen LogP contribution in [0.2, 0.25) is 0 Å². The first-order valence-corrected chi connectivity index (χ1v) is 7.63. The first-order chi connectivity index (χ1) is 10.1. The van der Waals surface area contributed by atoms with Crippen molar-refractivity contribution in [2.45, 2.75) is 12.6 Å². The smallest absolute Gasteiger partial charge is 0.251 e. The van der Waals surface area contributed by atoms with E-state index in [4.69, 9.17) is 5.73 Å². The molecule has 0 saturated carbocycles. The molecule has 0 spiro atoms. The van der Waals surface area contributed by atoms with E-state index in [9.17, 15) is 4.79 Å². The summed E-state index contributed by atoms with van der Waals surface area (Å²) in [5.41, 5.74) is 6.85. The van der Waals surface area contributed by atoms with Gasteiger partial charge in [-0.1, -0.05) is 6.07 Å². The second-order valence-corrected chi connectivity index (χ2v) is 5.92. The van der Waals surface area contributed by atoms with E-state index in [1.54, 1.807) is 29.7 Å². The van der Waals surface area contributed by atoms with Gasteiger partial charge in [-0.15, -0.1) is 11.3 Å². The van der Waals surface area contributed by atoms with Crippen molar-refractivity contribution in [3.8, 4) is 0 Å². The van der Waals surface area contributed by atoms with E-state index in [0.29, 0.717) is 24.3 Å². The Morgan fingerprint density at radius 1 is 1.48 bits per heavy atom. The molecule has 0 radical (unpaired) electrons. The zero-order chi connectivity index (χ0) is 15.2. The highest BCUT2D eigenvalue weighted by molar-refractivity contribution is 7.10. The van der Waals surface area contributed by atoms with E-state index < -0.39 is 0 Å². The molecule has 2 aromatic heterocycles. The average Bonchev–Trinajstić information content (AvgIpc) is 3.01. The van der Waals surface area contributed by atoms with Gasteiger partial charge in [0.25, 0.3) is 5.91 Å². The topological polar surface area (TPSA) is 71.2 Å². The van der Waals surface area contributed by atoms with Gasteiger partial charge in [0.2, 0.25) is 0 Å². The number of thiophene rings is 1. The number of carbonyl (C=O) groups is 1. The number of likely N-dealkylation sites (N-methyl/N-ethyl adjacent to an activating group) is 1. The maximum Gasteiger partial charge on any atom is 0.251 e. The fourth-order valence-corrected chi connectivity index (χ4v) is 2.96. The third-order valence-electron chi connectivity index (χ3n) is 3.24. The fraction of sp³-hybridized carbons (Fsp3) is 0.333. The predicted molar refractivity (Wildman–Crippen MR) is 85.2 cm³/mol. The van der Waals surface area contributed by atoms with Gasteiger partial charge in [0.05, 0.1) is 11.7 Å². The standard InChI is InChI=1S/C15H20N4OS/c1-19(2)13(14-4-3-7-21-14)10-18-15(20)11-5-6-17-12(8-11)9-16/h3-8,13H,9-10,16H2,1-2H3,(H,18,20). The van der Waals surface area contributed by atoms with E-state index in [0.717, 1.165) is 0 Å². The van der Waals surface area contributed by atoms with Crippen LogP contribution in [-0.4, -0.2) is 36.4 Å². The zero-order valence-corrected chi connectivity index (χ0v) is 13.1. The van der Waals surface area contributed by atoms with Crippen LogP contribution in [0.25, 0.3) is 0 Å². The molecule has 0 aromatic carbocycles. The van der Waals surface area contributed by atoms with E-state index >= 15 is 0 Å². The van der Waals surface area contributed by atoms with Crippen molar-refractivity contribution < 1.29 is 4.79 Å². The van der Waals surface area contributed by atoms with Crippen molar-refractivity contribution in [2.75, 3.05) is 20.6 Å². The molecule has 0 aliphatic rings.